The summed E-state index contributed by atoms with van der Waals surface area (Å²) < 4.78 is 0.879. The van der Waals surface area contributed by atoms with Crippen molar-refractivity contribution < 1.29 is 0 Å². The van der Waals surface area contributed by atoms with Gasteiger partial charge in [-0.3, -0.25) is 0 Å². The zero-order valence-electron chi connectivity index (χ0n) is 10.7. The summed E-state index contributed by atoms with van der Waals surface area (Å²) in [5, 5.41) is 12.7. The van der Waals surface area contributed by atoms with Gasteiger partial charge in [0.25, 0.3) is 0 Å². The summed E-state index contributed by atoms with van der Waals surface area (Å²) in [6.07, 6.45) is 0. The number of aromatic nitrogens is 4. The van der Waals surface area contributed by atoms with E-state index in [1.807, 2.05) is 31.3 Å². The van der Waals surface area contributed by atoms with E-state index in [2.05, 4.69) is 25.5 Å². The highest BCUT2D eigenvalue weighted by molar-refractivity contribution is 8.00. The average Bonchev–Trinajstić information content (AvgIpc) is 2.93. The molecule has 0 bridgehead atoms. The highest BCUT2D eigenvalue weighted by Gasteiger charge is 2.08. The van der Waals surface area contributed by atoms with Gasteiger partial charge >= 0.3 is 0 Å². The van der Waals surface area contributed by atoms with Gasteiger partial charge in [0.2, 0.25) is 5.13 Å². The van der Waals surface area contributed by atoms with Gasteiger partial charge < -0.3 is 11.1 Å². The molecule has 0 fully saturated rings. The van der Waals surface area contributed by atoms with E-state index in [1.165, 1.54) is 11.3 Å². The van der Waals surface area contributed by atoms with Crippen LogP contribution in [0.4, 0.5) is 10.9 Å². The second-order valence-electron chi connectivity index (χ2n) is 3.95. The normalized spacial score (nSPS) is 10.8. The first-order valence-electron chi connectivity index (χ1n) is 5.91. The molecular weight excluding hydrogens is 292 g/mol. The van der Waals surface area contributed by atoms with Crippen molar-refractivity contribution in [1.82, 2.24) is 20.2 Å². The lowest BCUT2D eigenvalue weighted by Gasteiger charge is -2.03. The number of nitrogens with two attached hydrogens (primary N) is 1. The Morgan fingerprint density at radius 2 is 2.10 bits per heavy atom. The Labute approximate surface area is 123 Å². The van der Waals surface area contributed by atoms with E-state index in [4.69, 9.17) is 5.73 Å². The maximum atomic E-state index is 5.96. The highest BCUT2D eigenvalue weighted by atomic mass is 32.2. The largest absolute Gasteiger partial charge is 0.383 e. The molecule has 0 aliphatic carbocycles. The maximum Gasteiger partial charge on any atom is 0.206 e. The molecule has 3 aromatic rings. The van der Waals surface area contributed by atoms with Gasteiger partial charge in [0.15, 0.2) is 4.34 Å². The molecule has 2 heterocycles. The van der Waals surface area contributed by atoms with Crippen molar-refractivity contribution in [3.8, 4) is 0 Å². The quantitative estimate of drug-likeness (QED) is 0.715. The van der Waals surface area contributed by atoms with E-state index in [9.17, 15) is 0 Å². The Morgan fingerprint density at radius 3 is 2.90 bits per heavy atom. The van der Waals surface area contributed by atoms with Gasteiger partial charge in [0.05, 0.1) is 11.3 Å². The molecule has 3 rings (SSSR count). The fraction of sp³-hybridized carbons (Fsp3) is 0.167. The molecule has 0 saturated heterocycles. The van der Waals surface area contributed by atoms with Crippen molar-refractivity contribution in [2.45, 2.75) is 10.1 Å². The summed E-state index contributed by atoms with van der Waals surface area (Å²) in [5.41, 5.74) is 6.82. The molecule has 0 radical (unpaired) electrons. The molecule has 20 heavy (non-hydrogen) atoms. The monoisotopic (exact) mass is 304 g/mol. The summed E-state index contributed by atoms with van der Waals surface area (Å²) in [4.78, 5) is 8.84. The van der Waals surface area contributed by atoms with Gasteiger partial charge in [-0.2, -0.15) is 0 Å². The molecule has 0 saturated carbocycles. The van der Waals surface area contributed by atoms with Crippen LogP contribution in [-0.4, -0.2) is 27.2 Å². The fourth-order valence-electron chi connectivity index (χ4n) is 1.71. The van der Waals surface area contributed by atoms with Gasteiger partial charge in [-0.15, -0.1) is 10.2 Å². The number of fused-ring (bicyclic) bond motifs is 1. The Bertz CT molecular complexity index is 742. The molecular formula is C12H12N6S2. The molecule has 0 unspecified atom stereocenters. The van der Waals surface area contributed by atoms with E-state index >= 15 is 0 Å². The fourth-order valence-corrected chi connectivity index (χ4v) is 3.27. The summed E-state index contributed by atoms with van der Waals surface area (Å²) in [6.45, 7) is 0. The van der Waals surface area contributed by atoms with Gasteiger partial charge in [-0.05, 0) is 12.1 Å². The lowest BCUT2D eigenvalue weighted by molar-refractivity contribution is 1.01. The third-order valence-corrected chi connectivity index (χ3v) is 4.69. The van der Waals surface area contributed by atoms with Crippen LogP contribution in [0.5, 0.6) is 0 Å². The minimum Gasteiger partial charge on any atom is -0.383 e. The second-order valence-corrected chi connectivity index (χ2v) is 6.15. The van der Waals surface area contributed by atoms with Crippen molar-refractivity contribution in [2.75, 3.05) is 18.1 Å². The smallest absolute Gasteiger partial charge is 0.206 e. The molecule has 0 atom stereocenters. The first-order valence-corrected chi connectivity index (χ1v) is 7.71. The number of para-hydroxylation sites is 1. The third-order valence-electron chi connectivity index (χ3n) is 2.62. The first-order chi connectivity index (χ1) is 9.76. The molecule has 0 aliphatic rings. The van der Waals surface area contributed by atoms with Crippen molar-refractivity contribution >= 4 is 45.0 Å². The number of nitrogen functional groups attached to an aromatic ring is 1. The van der Waals surface area contributed by atoms with E-state index in [-0.39, 0.29) is 0 Å². The lowest BCUT2D eigenvalue weighted by atomic mass is 10.2. The van der Waals surface area contributed by atoms with Crippen molar-refractivity contribution in [1.29, 1.82) is 0 Å². The first kappa shape index (κ1) is 13.1. The molecule has 2 aromatic heterocycles. The third kappa shape index (κ3) is 2.66. The molecule has 1 aromatic carbocycles. The predicted octanol–water partition coefficient (Wildman–Crippen LogP) is 2.40. The number of benzene rings is 1. The van der Waals surface area contributed by atoms with Gasteiger partial charge in [0.1, 0.15) is 11.6 Å². The van der Waals surface area contributed by atoms with E-state index < -0.39 is 0 Å². The molecule has 102 valence electrons. The number of hydrogen-bond acceptors (Lipinski definition) is 8. The summed E-state index contributed by atoms with van der Waals surface area (Å²) >= 11 is 3.05. The van der Waals surface area contributed by atoms with Crippen LogP contribution in [0.3, 0.4) is 0 Å². The summed E-state index contributed by atoms with van der Waals surface area (Å²) in [7, 11) is 1.82. The van der Waals surface area contributed by atoms with Crippen LogP contribution in [-0.2, 0) is 5.75 Å². The lowest BCUT2D eigenvalue weighted by Crippen LogP contribution is -1.99. The Morgan fingerprint density at radius 1 is 1.25 bits per heavy atom. The van der Waals surface area contributed by atoms with Gasteiger partial charge in [-0.25, -0.2) is 9.97 Å². The maximum absolute atomic E-state index is 5.96. The minimum absolute atomic E-state index is 0.513. The second kappa shape index (κ2) is 5.59. The van der Waals surface area contributed by atoms with Crippen LogP contribution in [0.2, 0.25) is 0 Å². The van der Waals surface area contributed by atoms with Crippen molar-refractivity contribution in [3.05, 3.63) is 30.1 Å². The van der Waals surface area contributed by atoms with Crippen LogP contribution >= 0.6 is 23.1 Å². The SMILES string of the molecule is CNc1nnc(SCc2nc(N)c3ccccc3n2)s1. The predicted molar refractivity (Wildman–Crippen MR) is 83.0 cm³/mol. The van der Waals surface area contributed by atoms with Crippen LogP contribution in [0, 0.1) is 0 Å². The van der Waals surface area contributed by atoms with Crippen LogP contribution < -0.4 is 11.1 Å². The van der Waals surface area contributed by atoms with Gasteiger partial charge in [-0.1, -0.05) is 35.2 Å². The van der Waals surface area contributed by atoms with E-state index in [1.54, 1.807) is 11.8 Å². The molecule has 0 aliphatic heterocycles. The van der Waals surface area contributed by atoms with Crippen LogP contribution in [0.1, 0.15) is 5.82 Å². The van der Waals surface area contributed by atoms with Crippen LogP contribution in [0.15, 0.2) is 28.6 Å². The van der Waals surface area contributed by atoms with E-state index in [0.29, 0.717) is 17.4 Å². The zero-order valence-corrected chi connectivity index (χ0v) is 12.3. The summed E-state index contributed by atoms with van der Waals surface area (Å²) in [6, 6.07) is 7.73. The van der Waals surface area contributed by atoms with Crippen molar-refractivity contribution in [3.63, 3.8) is 0 Å². The Hall–Kier alpha value is -1.93. The number of nitrogens with zero attached hydrogens (tertiary/aromatic N) is 4. The number of thioether (sulfide) groups is 1. The topological polar surface area (TPSA) is 89.6 Å². The van der Waals surface area contributed by atoms with Gasteiger partial charge in [0, 0.05) is 12.4 Å². The number of anilines is 2. The zero-order chi connectivity index (χ0) is 13.9. The van der Waals surface area contributed by atoms with E-state index in [0.717, 1.165) is 20.4 Å². The molecule has 3 N–H and O–H groups in total. The number of nitrogens with one attached hydrogen (secondary N) is 1. The standard InChI is InChI=1S/C12H12N6S2/c1-14-11-17-18-12(20-11)19-6-9-15-8-5-3-2-4-7(8)10(13)16-9/h2-5H,6H2,1H3,(H,14,17)(H2,13,15,16). The number of hydrogen-bond donors (Lipinski definition) is 2. The molecule has 0 spiro atoms. The molecule has 0 amide bonds. The van der Waals surface area contributed by atoms with Crippen LogP contribution in [0.25, 0.3) is 10.9 Å². The molecule has 8 heteroatoms. The number of rotatable bonds is 4. The van der Waals surface area contributed by atoms with Crippen molar-refractivity contribution in [2.24, 2.45) is 0 Å². The molecule has 6 nitrogen and oxygen atoms in total. The highest BCUT2D eigenvalue weighted by Crippen LogP contribution is 2.28. The minimum atomic E-state index is 0.513. The Kier molecular flexibility index (Phi) is 3.66. The summed E-state index contributed by atoms with van der Waals surface area (Å²) in [5.74, 6) is 1.83. The average molecular weight is 304 g/mol. The Balaban J connectivity index is 1.80.